The third kappa shape index (κ3) is 8.51. The summed E-state index contributed by atoms with van der Waals surface area (Å²) in [7, 11) is -2.74. The minimum absolute atomic E-state index is 0.138. The van der Waals surface area contributed by atoms with Gasteiger partial charge >= 0.3 is 0 Å². The van der Waals surface area contributed by atoms with Crippen LogP contribution >= 0.6 is 0 Å². The lowest BCUT2D eigenvalue weighted by Crippen LogP contribution is -2.34. The fourth-order valence-corrected chi connectivity index (χ4v) is 10.7. The van der Waals surface area contributed by atoms with Crippen LogP contribution in [0.3, 0.4) is 0 Å². The largest absolute Gasteiger partial charge is 0.381 e. The molecule has 8 rings (SSSR count). The first-order valence-electron chi connectivity index (χ1n) is 16.7. The van der Waals surface area contributed by atoms with Gasteiger partial charge in [-0.15, -0.1) is 0 Å². The molecule has 8 saturated heterocycles. The van der Waals surface area contributed by atoms with E-state index in [2.05, 4.69) is 38.3 Å². The zero-order valence-electron chi connectivity index (χ0n) is 26.7. The van der Waals surface area contributed by atoms with Gasteiger partial charge < -0.3 is 34.3 Å². The van der Waals surface area contributed by atoms with Crippen LogP contribution in [0.4, 0.5) is 0 Å². The molecular formula is C32H56N2O8S. The van der Waals surface area contributed by atoms with Crippen LogP contribution in [0.25, 0.3) is 0 Å². The molecule has 2 N–H and O–H groups in total. The smallest absolute Gasteiger partial charge is 0.225 e. The zero-order valence-corrected chi connectivity index (χ0v) is 27.5. The minimum Gasteiger partial charge on any atom is -0.381 e. The Balaban J connectivity index is 0.000000114. The average Bonchev–Trinajstić information content (AvgIpc) is 3.77. The number of sulfone groups is 1. The average molecular weight is 629 g/mol. The van der Waals surface area contributed by atoms with Crippen molar-refractivity contribution in [1.82, 2.24) is 10.6 Å². The summed E-state index contributed by atoms with van der Waals surface area (Å²) in [6.45, 7) is 20.6. The van der Waals surface area contributed by atoms with E-state index in [1.165, 1.54) is 13.1 Å². The molecule has 248 valence electrons. The number of carbonyl (C=O) groups excluding carboxylic acids is 1. The van der Waals surface area contributed by atoms with Crippen LogP contribution in [0.2, 0.25) is 0 Å². The molecule has 12 unspecified atom stereocenters. The van der Waals surface area contributed by atoms with Crippen molar-refractivity contribution in [2.75, 3.05) is 97.2 Å². The van der Waals surface area contributed by atoms with Gasteiger partial charge in [0.15, 0.2) is 9.84 Å². The number of rotatable bonds is 0. The Kier molecular flexibility index (Phi) is 11.8. The molecule has 8 fully saturated rings. The molecule has 43 heavy (non-hydrogen) atoms. The summed E-state index contributed by atoms with van der Waals surface area (Å²) in [5.41, 5.74) is 0. The lowest BCUT2D eigenvalue weighted by atomic mass is 9.84. The lowest BCUT2D eigenvalue weighted by Gasteiger charge is -2.30. The van der Waals surface area contributed by atoms with E-state index in [-0.39, 0.29) is 17.7 Å². The second-order valence-corrected chi connectivity index (χ2v) is 16.8. The Morgan fingerprint density at radius 2 is 1.07 bits per heavy atom. The van der Waals surface area contributed by atoms with E-state index in [1.807, 2.05) is 0 Å². The van der Waals surface area contributed by atoms with Gasteiger partial charge in [0.2, 0.25) is 5.91 Å². The number of hydrogen-bond donors (Lipinski definition) is 2. The number of fused-ring (bicyclic) bond motifs is 4. The summed E-state index contributed by atoms with van der Waals surface area (Å²) >= 11 is 0. The Morgan fingerprint density at radius 3 is 1.67 bits per heavy atom. The number of ether oxygens (including phenoxy) is 5. The highest BCUT2D eigenvalue weighted by molar-refractivity contribution is 7.91. The van der Waals surface area contributed by atoms with Crippen molar-refractivity contribution < 1.29 is 36.9 Å². The van der Waals surface area contributed by atoms with Crippen molar-refractivity contribution in [3.63, 3.8) is 0 Å². The molecule has 0 aromatic heterocycles. The number of hydrogen-bond acceptors (Lipinski definition) is 9. The van der Waals surface area contributed by atoms with Gasteiger partial charge in [0, 0.05) is 51.4 Å². The van der Waals surface area contributed by atoms with Gasteiger partial charge in [-0.3, -0.25) is 4.79 Å². The second kappa shape index (κ2) is 15.2. The fraction of sp³-hybridized carbons (Fsp3) is 0.969. The summed E-state index contributed by atoms with van der Waals surface area (Å²) in [5.74, 6) is 7.85. The van der Waals surface area contributed by atoms with Gasteiger partial charge in [-0.25, -0.2) is 8.42 Å². The van der Waals surface area contributed by atoms with Crippen molar-refractivity contribution in [3.8, 4) is 0 Å². The van der Waals surface area contributed by atoms with Gasteiger partial charge in [-0.05, 0) is 59.8 Å². The third-order valence-electron chi connectivity index (χ3n) is 11.3. The van der Waals surface area contributed by atoms with Gasteiger partial charge in [0.05, 0.1) is 57.1 Å². The Morgan fingerprint density at radius 1 is 0.535 bits per heavy atom. The molecule has 0 aromatic rings. The SMILES string of the molecule is CC1COCC2C(=O)NCC12.CC1COCC2CNCC12.CC1COCC2COCC12.CC1COCC2CS(=O)(=O)CC12. The molecule has 11 heteroatoms. The summed E-state index contributed by atoms with van der Waals surface area (Å²) in [6.07, 6.45) is 0. The maximum Gasteiger partial charge on any atom is 0.225 e. The van der Waals surface area contributed by atoms with Crippen LogP contribution in [0.5, 0.6) is 0 Å². The Bertz CT molecular complexity index is 983. The molecule has 8 aliphatic rings. The second-order valence-electron chi connectivity index (χ2n) is 14.6. The van der Waals surface area contributed by atoms with E-state index >= 15 is 0 Å². The topological polar surface area (TPSA) is 121 Å². The number of carbonyl (C=O) groups is 1. The van der Waals surface area contributed by atoms with Crippen molar-refractivity contribution in [2.24, 2.45) is 71.0 Å². The lowest BCUT2D eigenvalue weighted by molar-refractivity contribution is -0.127. The van der Waals surface area contributed by atoms with E-state index in [9.17, 15) is 13.2 Å². The van der Waals surface area contributed by atoms with Crippen molar-refractivity contribution in [3.05, 3.63) is 0 Å². The van der Waals surface area contributed by atoms with E-state index in [1.54, 1.807) is 0 Å². The highest BCUT2D eigenvalue weighted by Crippen LogP contribution is 2.35. The first-order valence-corrected chi connectivity index (χ1v) is 18.5. The third-order valence-corrected chi connectivity index (χ3v) is 13.1. The van der Waals surface area contributed by atoms with Crippen LogP contribution < -0.4 is 10.6 Å². The van der Waals surface area contributed by atoms with Crippen molar-refractivity contribution in [2.45, 2.75) is 27.7 Å². The molecule has 10 nitrogen and oxygen atoms in total. The molecular weight excluding hydrogens is 572 g/mol. The summed E-state index contributed by atoms with van der Waals surface area (Å²) in [4.78, 5) is 11.2. The zero-order chi connectivity index (χ0) is 30.6. The normalized spacial score (nSPS) is 45.7. The van der Waals surface area contributed by atoms with Crippen LogP contribution in [0.15, 0.2) is 0 Å². The molecule has 0 radical (unpaired) electrons. The van der Waals surface area contributed by atoms with Gasteiger partial charge in [0.25, 0.3) is 0 Å². The highest BCUT2D eigenvalue weighted by atomic mass is 32.2. The maximum absolute atomic E-state index is 11.3. The monoisotopic (exact) mass is 628 g/mol. The van der Waals surface area contributed by atoms with Crippen LogP contribution in [-0.2, 0) is 38.3 Å². The quantitative estimate of drug-likeness (QED) is 0.413. The van der Waals surface area contributed by atoms with Gasteiger partial charge in [-0.2, -0.15) is 0 Å². The van der Waals surface area contributed by atoms with Crippen LogP contribution in [-0.4, -0.2) is 112 Å². The predicted molar refractivity (Wildman–Crippen MR) is 163 cm³/mol. The van der Waals surface area contributed by atoms with E-state index in [0.29, 0.717) is 60.2 Å². The molecule has 1 amide bonds. The van der Waals surface area contributed by atoms with Crippen molar-refractivity contribution >= 4 is 15.7 Å². The molecule has 12 atom stereocenters. The summed E-state index contributed by atoms with van der Waals surface area (Å²) in [5, 5.41) is 6.29. The van der Waals surface area contributed by atoms with E-state index in [0.717, 1.165) is 83.1 Å². The Hall–Kier alpha value is -0.820. The predicted octanol–water partition coefficient (Wildman–Crippen LogP) is 1.73. The molecule has 0 spiro atoms. The molecule has 0 aromatic carbocycles. The van der Waals surface area contributed by atoms with Crippen molar-refractivity contribution in [1.29, 1.82) is 0 Å². The first-order chi connectivity index (χ1) is 20.6. The fourth-order valence-electron chi connectivity index (χ4n) is 8.34. The molecule has 0 bridgehead atoms. The number of nitrogens with one attached hydrogen (secondary N) is 2. The highest BCUT2D eigenvalue weighted by Gasteiger charge is 2.43. The molecule has 0 aliphatic carbocycles. The minimum atomic E-state index is -2.74. The van der Waals surface area contributed by atoms with Gasteiger partial charge in [-0.1, -0.05) is 27.7 Å². The standard InChI is InChI=1S/C8H13NO2.C8H15NO.C8H14O3S.C8H14O2/c1-5-3-11-4-7-6(5)2-9-8(7)10;1-6-4-10-5-7-2-9-3-8(6)7;1-6-2-11-3-7-4-12(9,10)5-8(6)7;1-6-2-9-3-7-4-10-5-8(6)7/h5-7H,2-4H2,1H3,(H,9,10);6-9H,2-5H2,1H3;6-8H,2-5H2,1H3;6-8H,2-5H2,1H3. The molecule has 8 heterocycles. The summed E-state index contributed by atoms with van der Waals surface area (Å²) in [6, 6.07) is 0. The number of amides is 1. The maximum atomic E-state index is 11.3. The first kappa shape index (κ1) is 33.5. The van der Waals surface area contributed by atoms with Gasteiger partial charge in [0.1, 0.15) is 0 Å². The molecule has 8 aliphatic heterocycles. The molecule has 0 saturated carbocycles. The van der Waals surface area contributed by atoms with Crippen LogP contribution in [0.1, 0.15) is 27.7 Å². The van der Waals surface area contributed by atoms with Crippen LogP contribution in [0, 0.1) is 71.0 Å². The summed E-state index contributed by atoms with van der Waals surface area (Å²) < 4.78 is 49.5. The Labute approximate surface area is 258 Å². The van der Waals surface area contributed by atoms with E-state index in [4.69, 9.17) is 23.7 Å². The van der Waals surface area contributed by atoms with E-state index < -0.39 is 9.84 Å².